The average Bonchev–Trinajstić information content (AvgIpc) is 2.78. The topological polar surface area (TPSA) is 63.3 Å². The summed E-state index contributed by atoms with van der Waals surface area (Å²) < 4.78 is 4.96. The van der Waals surface area contributed by atoms with Crippen LogP contribution in [0.4, 0.5) is 0 Å². The van der Waals surface area contributed by atoms with E-state index >= 15 is 0 Å². The molecule has 1 atom stereocenters. The molecular weight excluding hydrogens is 170 g/mol. The van der Waals surface area contributed by atoms with Gasteiger partial charge in [0.1, 0.15) is 5.92 Å². The van der Waals surface area contributed by atoms with Crippen molar-refractivity contribution in [2.75, 3.05) is 0 Å². The number of aryl methyl sites for hydroxylation is 1. The maximum atomic E-state index is 10.9. The lowest BCUT2D eigenvalue weighted by atomic mass is 9.98. The summed E-state index contributed by atoms with van der Waals surface area (Å²) >= 11 is 0. The zero-order chi connectivity index (χ0) is 9.42. The van der Waals surface area contributed by atoms with Crippen molar-refractivity contribution in [1.29, 1.82) is 0 Å². The van der Waals surface area contributed by atoms with Gasteiger partial charge in [0.15, 0.2) is 5.76 Å². The van der Waals surface area contributed by atoms with Gasteiger partial charge in [0.25, 0.3) is 0 Å². The van der Waals surface area contributed by atoms with Gasteiger partial charge in [0.05, 0.1) is 6.20 Å². The second-order valence-corrected chi connectivity index (χ2v) is 3.53. The van der Waals surface area contributed by atoms with Gasteiger partial charge in [-0.3, -0.25) is 4.79 Å². The fraction of sp³-hybridized carbons (Fsp3) is 0.556. The lowest BCUT2D eigenvalue weighted by Gasteiger charge is -2.06. The van der Waals surface area contributed by atoms with Gasteiger partial charge in [0, 0.05) is 5.56 Å². The highest BCUT2D eigenvalue weighted by atomic mass is 16.5. The number of carbonyl (C=O) groups is 1. The molecule has 1 aliphatic carbocycles. The van der Waals surface area contributed by atoms with Crippen molar-refractivity contribution < 1.29 is 14.4 Å². The summed E-state index contributed by atoms with van der Waals surface area (Å²) in [5.41, 5.74) is 0.833. The standard InChI is InChI=1S/C9H11NO3/c1-5-4-10-13-8(5)7(9(11)12)6-2-3-6/h4,6-7H,2-3H2,1H3,(H,11,12). The lowest BCUT2D eigenvalue weighted by Crippen LogP contribution is -2.13. The van der Waals surface area contributed by atoms with Crippen molar-refractivity contribution in [2.24, 2.45) is 5.92 Å². The van der Waals surface area contributed by atoms with E-state index in [1.54, 1.807) is 6.20 Å². The molecule has 1 fully saturated rings. The van der Waals surface area contributed by atoms with Gasteiger partial charge in [0.2, 0.25) is 0 Å². The van der Waals surface area contributed by atoms with Crippen LogP contribution in [-0.4, -0.2) is 16.2 Å². The van der Waals surface area contributed by atoms with Crippen LogP contribution < -0.4 is 0 Å². The Morgan fingerprint density at radius 3 is 2.85 bits per heavy atom. The molecule has 4 heteroatoms. The van der Waals surface area contributed by atoms with Crippen LogP contribution in [0.2, 0.25) is 0 Å². The van der Waals surface area contributed by atoms with Crippen molar-refractivity contribution in [3.63, 3.8) is 0 Å². The highest BCUT2D eigenvalue weighted by Crippen LogP contribution is 2.43. The predicted octanol–water partition coefficient (Wildman–Crippen LogP) is 1.56. The monoisotopic (exact) mass is 181 g/mol. The molecular formula is C9H11NO3. The SMILES string of the molecule is Cc1cnoc1C(C(=O)O)C1CC1. The van der Waals surface area contributed by atoms with Crippen LogP contribution in [0.15, 0.2) is 10.7 Å². The summed E-state index contributed by atoms with van der Waals surface area (Å²) in [6, 6.07) is 0. The van der Waals surface area contributed by atoms with E-state index < -0.39 is 11.9 Å². The maximum Gasteiger partial charge on any atom is 0.314 e. The van der Waals surface area contributed by atoms with Crippen LogP contribution in [0.1, 0.15) is 30.1 Å². The molecule has 13 heavy (non-hydrogen) atoms. The van der Waals surface area contributed by atoms with Gasteiger partial charge < -0.3 is 9.63 Å². The molecule has 1 unspecified atom stereocenters. The van der Waals surface area contributed by atoms with Gasteiger partial charge in [-0.25, -0.2) is 0 Å². The molecule has 1 N–H and O–H groups in total. The first-order valence-electron chi connectivity index (χ1n) is 4.34. The van der Waals surface area contributed by atoms with E-state index in [0.29, 0.717) is 5.76 Å². The van der Waals surface area contributed by atoms with Gasteiger partial charge >= 0.3 is 5.97 Å². The third-order valence-electron chi connectivity index (χ3n) is 2.43. The molecule has 4 nitrogen and oxygen atoms in total. The zero-order valence-corrected chi connectivity index (χ0v) is 7.36. The van der Waals surface area contributed by atoms with Gasteiger partial charge in [-0.2, -0.15) is 0 Å². The van der Waals surface area contributed by atoms with Crippen LogP contribution in [0, 0.1) is 12.8 Å². The number of rotatable bonds is 3. The Bertz CT molecular complexity index is 327. The fourth-order valence-electron chi connectivity index (χ4n) is 1.56. The van der Waals surface area contributed by atoms with Crippen molar-refractivity contribution >= 4 is 5.97 Å². The quantitative estimate of drug-likeness (QED) is 0.768. The molecule has 70 valence electrons. The normalized spacial score (nSPS) is 18.5. The van der Waals surface area contributed by atoms with E-state index in [1.165, 1.54) is 0 Å². The first-order chi connectivity index (χ1) is 6.20. The Labute approximate surface area is 75.5 Å². The summed E-state index contributed by atoms with van der Waals surface area (Å²) in [7, 11) is 0. The van der Waals surface area contributed by atoms with E-state index in [4.69, 9.17) is 9.63 Å². The highest BCUT2D eigenvalue weighted by molar-refractivity contribution is 5.76. The molecule has 1 aliphatic rings. The minimum Gasteiger partial charge on any atom is -0.481 e. The van der Waals surface area contributed by atoms with Gasteiger partial charge in [-0.05, 0) is 25.7 Å². The fourth-order valence-corrected chi connectivity index (χ4v) is 1.56. The third kappa shape index (κ3) is 1.43. The van der Waals surface area contributed by atoms with Gasteiger partial charge in [-0.1, -0.05) is 5.16 Å². The Balaban J connectivity index is 2.30. The first kappa shape index (κ1) is 8.29. The Morgan fingerprint density at radius 1 is 1.77 bits per heavy atom. The Morgan fingerprint density at radius 2 is 2.46 bits per heavy atom. The summed E-state index contributed by atoms with van der Waals surface area (Å²) in [6.45, 7) is 1.82. The molecule has 1 saturated carbocycles. The second-order valence-electron chi connectivity index (χ2n) is 3.53. The number of aromatic nitrogens is 1. The van der Waals surface area contributed by atoms with Crippen LogP contribution in [0.25, 0.3) is 0 Å². The van der Waals surface area contributed by atoms with Crippen molar-refractivity contribution in [2.45, 2.75) is 25.7 Å². The Kier molecular flexibility index (Phi) is 1.83. The summed E-state index contributed by atoms with van der Waals surface area (Å²) in [4.78, 5) is 10.9. The molecule has 0 bridgehead atoms. The van der Waals surface area contributed by atoms with E-state index in [1.807, 2.05) is 6.92 Å². The molecule has 1 aromatic heterocycles. The smallest absolute Gasteiger partial charge is 0.314 e. The summed E-state index contributed by atoms with van der Waals surface area (Å²) in [5, 5.41) is 12.6. The molecule has 1 aromatic rings. The zero-order valence-electron chi connectivity index (χ0n) is 7.36. The first-order valence-corrected chi connectivity index (χ1v) is 4.34. The molecule has 0 radical (unpaired) electrons. The van der Waals surface area contributed by atoms with Crippen LogP contribution >= 0.6 is 0 Å². The second kappa shape index (κ2) is 2.87. The number of nitrogens with zero attached hydrogens (tertiary/aromatic N) is 1. The summed E-state index contributed by atoms with van der Waals surface area (Å²) in [5.74, 6) is -0.510. The predicted molar refractivity (Wildman–Crippen MR) is 44.3 cm³/mol. The largest absolute Gasteiger partial charge is 0.481 e. The number of carboxylic acids is 1. The minimum absolute atomic E-state index is 0.254. The van der Waals surface area contributed by atoms with Crippen LogP contribution in [0.5, 0.6) is 0 Å². The summed E-state index contributed by atoms with van der Waals surface area (Å²) in [6.07, 6.45) is 3.53. The molecule has 1 heterocycles. The van der Waals surface area contributed by atoms with E-state index in [2.05, 4.69) is 5.16 Å². The van der Waals surface area contributed by atoms with E-state index in [-0.39, 0.29) is 5.92 Å². The van der Waals surface area contributed by atoms with Crippen molar-refractivity contribution in [1.82, 2.24) is 5.16 Å². The number of carboxylic acid groups (broad SMARTS) is 1. The number of aliphatic carboxylic acids is 1. The molecule has 0 amide bonds. The lowest BCUT2D eigenvalue weighted by molar-refractivity contribution is -0.139. The maximum absolute atomic E-state index is 10.9. The molecule has 2 rings (SSSR count). The molecule has 0 aliphatic heterocycles. The van der Waals surface area contributed by atoms with Crippen LogP contribution in [-0.2, 0) is 4.79 Å². The number of hydrogen-bond donors (Lipinski definition) is 1. The van der Waals surface area contributed by atoms with Crippen molar-refractivity contribution in [3.05, 3.63) is 17.5 Å². The van der Waals surface area contributed by atoms with E-state index in [9.17, 15) is 4.79 Å². The highest BCUT2D eigenvalue weighted by Gasteiger charge is 2.40. The van der Waals surface area contributed by atoms with Gasteiger partial charge in [-0.15, -0.1) is 0 Å². The average molecular weight is 181 g/mol. The third-order valence-corrected chi connectivity index (χ3v) is 2.43. The van der Waals surface area contributed by atoms with Crippen molar-refractivity contribution in [3.8, 4) is 0 Å². The molecule has 0 spiro atoms. The van der Waals surface area contributed by atoms with Crippen LogP contribution in [0.3, 0.4) is 0 Å². The molecule has 0 aromatic carbocycles. The minimum atomic E-state index is -0.803. The Hall–Kier alpha value is -1.32. The number of hydrogen-bond acceptors (Lipinski definition) is 3. The van der Waals surface area contributed by atoms with E-state index in [0.717, 1.165) is 18.4 Å². The molecule has 0 saturated heterocycles.